The second kappa shape index (κ2) is 7.35. The first kappa shape index (κ1) is 16.4. The molecule has 0 bridgehead atoms. The first-order chi connectivity index (χ1) is 10.5. The average Bonchev–Trinajstić information content (AvgIpc) is 2.50. The van der Waals surface area contributed by atoms with Crippen LogP contribution in [0.5, 0.6) is 0 Å². The molecule has 7 heteroatoms. The largest absolute Gasteiger partial charge is 0.394 e. The fraction of sp³-hybridized carbons (Fsp3) is 0.333. The van der Waals surface area contributed by atoms with Gasteiger partial charge in [0.1, 0.15) is 10.9 Å². The molecule has 0 fully saturated rings. The van der Waals surface area contributed by atoms with Crippen LogP contribution < -0.4 is 5.73 Å². The van der Waals surface area contributed by atoms with Crippen molar-refractivity contribution in [3.63, 3.8) is 0 Å². The normalized spacial score (nSPS) is 16.6. The Morgan fingerprint density at radius 3 is 2.68 bits per heavy atom. The van der Waals surface area contributed by atoms with Crippen LogP contribution in [0.25, 0.3) is 0 Å². The van der Waals surface area contributed by atoms with Crippen molar-refractivity contribution in [2.75, 3.05) is 13.1 Å². The molecule has 1 aliphatic rings. The third-order valence-corrected chi connectivity index (χ3v) is 3.67. The lowest BCUT2D eigenvalue weighted by molar-refractivity contribution is -0.129. The summed E-state index contributed by atoms with van der Waals surface area (Å²) in [4.78, 5) is 17.2. The molecule has 2 rings (SSSR count). The van der Waals surface area contributed by atoms with Gasteiger partial charge in [0.05, 0.1) is 13.1 Å². The van der Waals surface area contributed by atoms with Crippen LogP contribution in [0.4, 0.5) is 8.78 Å². The number of halogens is 3. The van der Waals surface area contributed by atoms with Crippen molar-refractivity contribution < 1.29 is 13.6 Å². The minimum absolute atomic E-state index is 0.103. The van der Waals surface area contributed by atoms with Crippen molar-refractivity contribution in [2.24, 2.45) is 10.7 Å². The smallest absolute Gasteiger partial charge is 0.270 e. The summed E-state index contributed by atoms with van der Waals surface area (Å²) in [7, 11) is 0. The Balaban J connectivity index is 2.11. The van der Waals surface area contributed by atoms with Gasteiger partial charge in [-0.05, 0) is 12.0 Å². The maximum Gasteiger partial charge on any atom is 0.270 e. The van der Waals surface area contributed by atoms with Gasteiger partial charge < -0.3 is 10.6 Å². The lowest BCUT2D eigenvalue weighted by Gasteiger charge is -2.28. The Morgan fingerprint density at radius 2 is 2.05 bits per heavy atom. The topological polar surface area (TPSA) is 58.7 Å². The third kappa shape index (κ3) is 4.04. The van der Waals surface area contributed by atoms with Crippen LogP contribution in [-0.4, -0.2) is 35.5 Å². The second-order valence-corrected chi connectivity index (χ2v) is 5.24. The number of rotatable bonds is 5. The number of carbonyl (C=O) groups excluding carboxylic acids is 1. The Kier molecular flexibility index (Phi) is 5.49. The average molecular weight is 328 g/mol. The van der Waals surface area contributed by atoms with E-state index in [4.69, 9.17) is 17.3 Å². The van der Waals surface area contributed by atoms with Crippen molar-refractivity contribution in [3.05, 3.63) is 47.2 Å². The number of benzene rings is 1. The van der Waals surface area contributed by atoms with E-state index in [1.807, 2.05) is 30.3 Å². The van der Waals surface area contributed by atoms with Crippen LogP contribution >= 0.6 is 11.6 Å². The predicted molar refractivity (Wildman–Crippen MR) is 81.8 cm³/mol. The molecule has 0 aliphatic carbocycles. The van der Waals surface area contributed by atoms with Crippen LogP contribution in [0.1, 0.15) is 12.0 Å². The van der Waals surface area contributed by atoms with Gasteiger partial charge in [-0.2, -0.15) is 0 Å². The fourth-order valence-corrected chi connectivity index (χ4v) is 2.43. The number of nitrogens with zero attached hydrogens (tertiary/aromatic N) is 2. The number of aliphatic imine (C=N–C) groups is 1. The van der Waals surface area contributed by atoms with Gasteiger partial charge in [0.25, 0.3) is 12.3 Å². The predicted octanol–water partition coefficient (Wildman–Crippen LogP) is 2.53. The molecule has 0 spiro atoms. The maximum absolute atomic E-state index is 12.4. The zero-order valence-corrected chi connectivity index (χ0v) is 12.6. The van der Waals surface area contributed by atoms with Crippen molar-refractivity contribution in [1.29, 1.82) is 0 Å². The van der Waals surface area contributed by atoms with Crippen LogP contribution in [-0.2, 0) is 11.3 Å². The molecule has 0 aromatic heterocycles. The second-order valence-electron chi connectivity index (χ2n) is 4.88. The summed E-state index contributed by atoms with van der Waals surface area (Å²) in [6.45, 7) is -0.0900. The zero-order valence-electron chi connectivity index (χ0n) is 11.8. The Hall–Kier alpha value is -1.95. The molecule has 0 saturated heterocycles. The van der Waals surface area contributed by atoms with E-state index in [2.05, 4.69) is 4.99 Å². The van der Waals surface area contributed by atoms with Crippen molar-refractivity contribution in [2.45, 2.75) is 19.4 Å². The molecule has 0 saturated carbocycles. The fourth-order valence-electron chi connectivity index (χ4n) is 2.18. The summed E-state index contributed by atoms with van der Waals surface area (Å²) in [5.41, 5.74) is 7.03. The summed E-state index contributed by atoms with van der Waals surface area (Å²) in [5, 5.41) is 0.159. The molecule has 22 heavy (non-hydrogen) atoms. The van der Waals surface area contributed by atoms with Gasteiger partial charge in [0.2, 0.25) is 0 Å². The molecular weight excluding hydrogens is 312 g/mol. The molecule has 1 aromatic carbocycles. The molecular formula is C15H16ClF2N3O. The highest BCUT2D eigenvalue weighted by Gasteiger charge is 2.28. The molecule has 1 aromatic rings. The number of alkyl halides is 2. The molecule has 1 amide bonds. The van der Waals surface area contributed by atoms with Gasteiger partial charge in [-0.25, -0.2) is 8.78 Å². The number of amides is 1. The standard InChI is InChI=1S/C15H16ClF2N3O/c16-14(20-8-10-4-2-1-3-5-10)11-6-7-21(9-12(17)18)15(22)13(11)19/h1-5,12H,6-9,19H2. The van der Waals surface area contributed by atoms with Crippen molar-refractivity contribution in [1.82, 2.24) is 4.90 Å². The maximum atomic E-state index is 12.4. The van der Waals surface area contributed by atoms with E-state index in [-0.39, 0.29) is 17.4 Å². The summed E-state index contributed by atoms with van der Waals surface area (Å²) < 4.78 is 24.8. The van der Waals surface area contributed by atoms with E-state index in [0.717, 1.165) is 10.5 Å². The molecule has 1 heterocycles. The lowest BCUT2D eigenvalue weighted by Crippen LogP contribution is -2.43. The van der Waals surface area contributed by atoms with Crippen LogP contribution in [0.3, 0.4) is 0 Å². The van der Waals surface area contributed by atoms with Gasteiger partial charge in [-0.3, -0.25) is 9.79 Å². The van der Waals surface area contributed by atoms with E-state index in [0.29, 0.717) is 18.5 Å². The van der Waals surface area contributed by atoms with Crippen LogP contribution in [0.2, 0.25) is 0 Å². The highest BCUT2D eigenvalue weighted by molar-refractivity contribution is 6.69. The first-order valence-electron chi connectivity index (χ1n) is 6.79. The quantitative estimate of drug-likeness (QED) is 0.845. The molecule has 1 aliphatic heterocycles. The van der Waals surface area contributed by atoms with Gasteiger partial charge >= 0.3 is 0 Å². The molecule has 2 N–H and O–H groups in total. The number of nitrogens with two attached hydrogens (primary N) is 1. The Labute approximate surface area is 132 Å². The van der Waals surface area contributed by atoms with E-state index in [1.54, 1.807) is 0 Å². The van der Waals surface area contributed by atoms with E-state index in [9.17, 15) is 13.6 Å². The molecule has 0 unspecified atom stereocenters. The number of carbonyl (C=O) groups is 1. The minimum atomic E-state index is -2.58. The number of hydrogen-bond acceptors (Lipinski definition) is 3. The number of hydrogen-bond donors (Lipinski definition) is 1. The Bertz CT molecular complexity index is 602. The van der Waals surface area contributed by atoms with E-state index >= 15 is 0 Å². The highest BCUT2D eigenvalue weighted by Crippen LogP contribution is 2.20. The molecule has 0 atom stereocenters. The first-order valence-corrected chi connectivity index (χ1v) is 7.17. The monoisotopic (exact) mass is 327 g/mol. The van der Waals surface area contributed by atoms with E-state index < -0.39 is 18.9 Å². The summed E-state index contributed by atoms with van der Waals surface area (Å²) in [6.07, 6.45) is -2.26. The van der Waals surface area contributed by atoms with E-state index in [1.165, 1.54) is 0 Å². The van der Waals surface area contributed by atoms with Gasteiger partial charge in [0.15, 0.2) is 0 Å². The molecule has 0 radical (unpaired) electrons. The van der Waals surface area contributed by atoms with Crippen LogP contribution in [0, 0.1) is 0 Å². The molecule has 4 nitrogen and oxygen atoms in total. The molecule has 118 valence electrons. The Morgan fingerprint density at radius 1 is 1.36 bits per heavy atom. The van der Waals surface area contributed by atoms with Gasteiger partial charge in [0, 0.05) is 12.1 Å². The van der Waals surface area contributed by atoms with Crippen molar-refractivity contribution in [3.8, 4) is 0 Å². The summed E-state index contributed by atoms with van der Waals surface area (Å²) in [6, 6.07) is 9.48. The van der Waals surface area contributed by atoms with Gasteiger partial charge in [-0.1, -0.05) is 41.9 Å². The van der Waals surface area contributed by atoms with Crippen LogP contribution in [0.15, 0.2) is 46.6 Å². The minimum Gasteiger partial charge on any atom is -0.394 e. The summed E-state index contributed by atoms with van der Waals surface area (Å²) in [5.74, 6) is -0.616. The highest BCUT2D eigenvalue weighted by atomic mass is 35.5. The third-order valence-electron chi connectivity index (χ3n) is 3.33. The summed E-state index contributed by atoms with van der Waals surface area (Å²) >= 11 is 6.12. The SMILES string of the molecule is NC1=C(C(Cl)=NCc2ccccc2)CCN(CC(F)F)C1=O. The van der Waals surface area contributed by atoms with Crippen molar-refractivity contribution >= 4 is 22.7 Å². The van der Waals surface area contributed by atoms with Gasteiger partial charge in [-0.15, -0.1) is 0 Å². The zero-order chi connectivity index (χ0) is 16.1. The lowest BCUT2D eigenvalue weighted by atomic mass is 10.1.